The van der Waals surface area contributed by atoms with Gasteiger partial charge in [0.2, 0.25) is 0 Å². The second-order valence-corrected chi connectivity index (χ2v) is 6.52. The van der Waals surface area contributed by atoms with Gasteiger partial charge in [0.05, 0.1) is 10.6 Å². The Morgan fingerprint density at radius 3 is 2.65 bits per heavy atom. The molecule has 0 amide bonds. The topological polar surface area (TPSA) is 99.8 Å². The third-order valence-electron chi connectivity index (χ3n) is 3.45. The number of carbonyl (C=O) groups is 2. The number of carboxylic acid groups (broad SMARTS) is 2. The van der Waals surface area contributed by atoms with Crippen LogP contribution in [0.5, 0.6) is 0 Å². The standard InChI is InChI=1S/C15H12ClNO5S/c16-9-5-7(1-2-8(9)14(18)19)11-3-4-12(22-11)13-17-10(6-23-13)15(20)21/h1-5,10,13,17H,6H2,(H,18,19)(H,20,21)/t10-,13+/m1/s1. The predicted molar refractivity (Wildman–Crippen MR) is 85.9 cm³/mol. The van der Waals surface area contributed by atoms with Crippen molar-refractivity contribution in [2.24, 2.45) is 0 Å². The van der Waals surface area contributed by atoms with Crippen molar-refractivity contribution in [3.05, 3.63) is 46.7 Å². The third kappa shape index (κ3) is 3.21. The van der Waals surface area contributed by atoms with Crippen molar-refractivity contribution in [2.75, 3.05) is 5.75 Å². The van der Waals surface area contributed by atoms with Gasteiger partial charge in [-0.15, -0.1) is 11.8 Å². The maximum Gasteiger partial charge on any atom is 0.337 e. The number of carboxylic acids is 2. The van der Waals surface area contributed by atoms with E-state index in [0.29, 0.717) is 22.8 Å². The summed E-state index contributed by atoms with van der Waals surface area (Å²) in [5, 5.41) is 20.9. The Kier molecular flexibility index (Phi) is 4.34. The molecule has 1 saturated heterocycles. The summed E-state index contributed by atoms with van der Waals surface area (Å²) in [6.45, 7) is 0. The Labute approximate surface area is 140 Å². The molecular formula is C15H12ClNO5S. The smallest absolute Gasteiger partial charge is 0.337 e. The summed E-state index contributed by atoms with van der Waals surface area (Å²) in [4.78, 5) is 21.9. The summed E-state index contributed by atoms with van der Waals surface area (Å²) in [6.07, 6.45) is 0. The zero-order valence-corrected chi connectivity index (χ0v) is 13.2. The first kappa shape index (κ1) is 15.9. The Morgan fingerprint density at radius 1 is 1.26 bits per heavy atom. The van der Waals surface area contributed by atoms with Crippen LogP contribution < -0.4 is 5.32 Å². The lowest BCUT2D eigenvalue weighted by atomic mass is 10.1. The molecular weight excluding hydrogens is 342 g/mol. The monoisotopic (exact) mass is 353 g/mol. The van der Waals surface area contributed by atoms with Crippen LogP contribution in [0, 0.1) is 0 Å². The molecule has 3 rings (SSSR count). The highest BCUT2D eigenvalue weighted by Gasteiger charge is 2.32. The quantitative estimate of drug-likeness (QED) is 0.776. The van der Waals surface area contributed by atoms with Gasteiger partial charge in [0, 0.05) is 11.3 Å². The van der Waals surface area contributed by atoms with Crippen molar-refractivity contribution in [3.63, 3.8) is 0 Å². The molecule has 1 aliphatic heterocycles. The highest BCUT2D eigenvalue weighted by Crippen LogP contribution is 2.36. The number of benzene rings is 1. The summed E-state index contributed by atoms with van der Waals surface area (Å²) in [6, 6.07) is 7.49. The van der Waals surface area contributed by atoms with Gasteiger partial charge in [-0.25, -0.2) is 4.79 Å². The van der Waals surface area contributed by atoms with Gasteiger partial charge < -0.3 is 14.6 Å². The molecule has 0 radical (unpaired) electrons. The molecule has 2 atom stereocenters. The van der Waals surface area contributed by atoms with Crippen LogP contribution in [0.1, 0.15) is 21.5 Å². The molecule has 2 aromatic rings. The number of hydrogen-bond acceptors (Lipinski definition) is 5. The molecule has 1 aliphatic rings. The highest BCUT2D eigenvalue weighted by atomic mass is 35.5. The number of hydrogen-bond donors (Lipinski definition) is 3. The van der Waals surface area contributed by atoms with Gasteiger partial charge in [0.25, 0.3) is 0 Å². The van der Waals surface area contributed by atoms with E-state index in [1.54, 1.807) is 18.2 Å². The van der Waals surface area contributed by atoms with Crippen molar-refractivity contribution >= 4 is 35.3 Å². The lowest BCUT2D eigenvalue weighted by Gasteiger charge is -2.08. The van der Waals surface area contributed by atoms with E-state index < -0.39 is 18.0 Å². The molecule has 3 N–H and O–H groups in total. The minimum absolute atomic E-state index is 0.0273. The second-order valence-electron chi connectivity index (χ2n) is 4.97. The van der Waals surface area contributed by atoms with Gasteiger partial charge >= 0.3 is 11.9 Å². The van der Waals surface area contributed by atoms with Crippen molar-refractivity contribution in [2.45, 2.75) is 11.4 Å². The average Bonchev–Trinajstić information content (AvgIpc) is 3.16. The Balaban J connectivity index is 1.81. The van der Waals surface area contributed by atoms with E-state index in [1.165, 1.54) is 23.9 Å². The van der Waals surface area contributed by atoms with Crippen LogP contribution in [0.2, 0.25) is 5.02 Å². The van der Waals surface area contributed by atoms with Crippen molar-refractivity contribution < 1.29 is 24.2 Å². The predicted octanol–water partition coefficient (Wildman–Crippen LogP) is 3.09. The van der Waals surface area contributed by atoms with E-state index in [1.807, 2.05) is 0 Å². The Bertz CT molecular complexity index is 775. The minimum atomic E-state index is -1.09. The maximum atomic E-state index is 11.0. The Hall–Kier alpha value is -1.96. The van der Waals surface area contributed by atoms with Gasteiger partial charge in [0.15, 0.2) is 0 Å². The van der Waals surface area contributed by atoms with Crippen LogP contribution in [0.15, 0.2) is 34.7 Å². The molecule has 0 bridgehead atoms. The molecule has 2 heterocycles. The summed E-state index contributed by atoms with van der Waals surface area (Å²) >= 11 is 7.42. The number of halogens is 1. The zero-order valence-electron chi connectivity index (χ0n) is 11.7. The fourth-order valence-electron chi connectivity index (χ4n) is 2.27. The third-order valence-corrected chi connectivity index (χ3v) is 4.99. The molecule has 6 nitrogen and oxygen atoms in total. The maximum absolute atomic E-state index is 11.0. The highest BCUT2D eigenvalue weighted by molar-refractivity contribution is 7.99. The van der Waals surface area contributed by atoms with Crippen LogP contribution in [-0.2, 0) is 4.79 Å². The lowest BCUT2D eigenvalue weighted by molar-refractivity contribution is -0.138. The van der Waals surface area contributed by atoms with E-state index in [-0.39, 0.29) is 16.0 Å². The number of thioether (sulfide) groups is 1. The van der Waals surface area contributed by atoms with Crippen molar-refractivity contribution in [1.82, 2.24) is 5.32 Å². The van der Waals surface area contributed by atoms with Crippen molar-refractivity contribution in [1.29, 1.82) is 0 Å². The number of furan rings is 1. The molecule has 1 fully saturated rings. The summed E-state index contributed by atoms with van der Waals surface area (Å²) in [5.41, 5.74) is 0.684. The molecule has 1 aromatic heterocycles. The summed E-state index contributed by atoms with van der Waals surface area (Å²) in [5.74, 6) is -0.349. The number of nitrogens with one attached hydrogen (secondary N) is 1. The van der Waals surface area contributed by atoms with E-state index >= 15 is 0 Å². The van der Waals surface area contributed by atoms with Gasteiger partial charge in [0.1, 0.15) is 22.9 Å². The summed E-state index contributed by atoms with van der Waals surface area (Å²) in [7, 11) is 0. The van der Waals surface area contributed by atoms with Crippen LogP contribution in [-0.4, -0.2) is 33.9 Å². The minimum Gasteiger partial charge on any atom is -0.480 e. The van der Waals surface area contributed by atoms with Crippen molar-refractivity contribution in [3.8, 4) is 11.3 Å². The normalized spacial score (nSPS) is 20.6. The molecule has 0 aliphatic carbocycles. The molecule has 0 spiro atoms. The van der Waals surface area contributed by atoms with E-state index in [9.17, 15) is 9.59 Å². The number of aromatic carboxylic acids is 1. The lowest BCUT2D eigenvalue weighted by Crippen LogP contribution is -2.33. The van der Waals surface area contributed by atoms with Gasteiger partial charge in [-0.3, -0.25) is 10.1 Å². The molecule has 1 aromatic carbocycles. The fraction of sp³-hybridized carbons (Fsp3) is 0.200. The fourth-order valence-corrected chi connectivity index (χ4v) is 3.71. The van der Waals surface area contributed by atoms with Crippen LogP contribution in [0.4, 0.5) is 0 Å². The molecule has 23 heavy (non-hydrogen) atoms. The number of aliphatic carboxylic acids is 1. The van der Waals surface area contributed by atoms with Gasteiger partial charge in [-0.05, 0) is 24.3 Å². The van der Waals surface area contributed by atoms with E-state index in [4.69, 9.17) is 26.2 Å². The Morgan fingerprint density at radius 2 is 2.04 bits per heavy atom. The first-order valence-electron chi connectivity index (χ1n) is 6.69. The largest absolute Gasteiger partial charge is 0.480 e. The number of rotatable bonds is 4. The first-order valence-corrected chi connectivity index (χ1v) is 8.12. The summed E-state index contributed by atoms with van der Waals surface area (Å²) < 4.78 is 5.75. The van der Waals surface area contributed by atoms with Gasteiger partial charge in [-0.1, -0.05) is 17.7 Å². The average molecular weight is 354 g/mol. The van der Waals surface area contributed by atoms with Crippen LogP contribution >= 0.6 is 23.4 Å². The van der Waals surface area contributed by atoms with Crippen LogP contribution in [0.3, 0.4) is 0 Å². The van der Waals surface area contributed by atoms with Crippen LogP contribution in [0.25, 0.3) is 11.3 Å². The molecule has 0 unspecified atom stereocenters. The van der Waals surface area contributed by atoms with E-state index in [0.717, 1.165) is 0 Å². The zero-order chi connectivity index (χ0) is 16.6. The first-order chi connectivity index (χ1) is 11.0. The molecule has 0 saturated carbocycles. The SMILES string of the molecule is O=C(O)c1ccc(-c2ccc([C@H]3N[C@@H](C(=O)O)CS3)o2)cc1Cl. The second kappa shape index (κ2) is 6.27. The molecule has 8 heteroatoms. The molecule has 120 valence electrons. The van der Waals surface area contributed by atoms with Gasteiger partial charge in [-0.2, -0.15) is 0 Å². The van der Waals surface area contributed by atoms with E-state index in [2.05, 4.69) is 5.32 Å².